The fourth-order valence-electron chi connectivity index (χ4n) is 4.06. The number of fused-ring (bicyclic) bond motifs is 1. The predicted octanol–water partition coefficient (Wildman–Crippen LogP) is 3.56. The average molecular weight is 362 g/mol. The summed E-state index contributed by atoms with van der Waals surface area (Å²) in [5.41, 5.74) is 3.95. The number of hydrogen-bond donors (Lipinski definition) is 0. The van der Waals surface area contributed by atoms with Crippen LogP contribution in [-0.2, 0) is 4.79 Å². The van der Waals surface area contributed by atoms with Crippen LogP contribution in [0.5, 0.6) is 0 Å². The zero-order valence-corrected chi connectivity index (χ0v) is 16.2. The van der Waals surface area contributed by atoms with Crippen LogP contribution in [0.1, 0.15) is 42.4 Å². The smallest absolute Gasteiger partial charge is 0.225 e. The number of nitrogens with zero attached hydrogens (tertiary/aromatic N) is 4. The quantitative estimate of drug-likeness (QED) is 0.819. The lowest BCUT2D eigenvalue weighted by molar-refractivity contribution is -0.137. The first kappa shape index (κ1) is 17.8. The molecule has 4 rings (SSSR count). The summed E-state index contributed by atoms with van der Waals surface area (Å²) in [6, 6.07) is 8.39. The minimum Gasteiger partial charge on any atom is -0.354 e. The summed E-state index contributed by atoms with van der Waals surface area (Å²) in [6.07, 6.45) is 4.18. The summed E-state index contributed by atoms with van der Waals surface area (Å²) in [4.78, 5) is 21.7. The molecule has 2 fully saturated rings. The van der Waals surface area contributed by atoms with Crippen LogP contribution < -0.4 is 4.90 Å². The molecule has 0 spiro atoms. The molecule has 1 aromatic carbocycles. The Morgan fingerprint density at radius 3 is 2.67 bits per heavy atom. The third-order valence-corrected chi connectivity index (χ3v) is 6.17. The maximum absolute atomic E-state index is 12.6. The van der Waals surface area contributed by atoms with Crippen LogP contribution in [0, 0.1) is 31.1 Å². The number of hydrogen-bond acceptors (Lipinski definition) is 4. The Morgan fingerprint density at radius 2 is 1.96 bits per heavy atom. The van der Waals surface area contributed by atoms with Gasteiger partial charge in [0.15, 0.2) is 0 Å². The second-order valence-electron chi connectivity index (χ2n) is 7.84. The summed E-state index contributed by atoms with van der Waals surface area (Å²) in [7, 11) is 0. The Hall–Kier alpha value is -2.61. The molecule has 140 valence electrons. The highest BCUT2D eigenvalue weighted by atomic mass is 16.2. The monoisotopic (exact) mass is 362 g/mol. The molecule has 1 amide bonds. The number of anilines is 1. The first-order valence-electron chi connectivity index (χ1n) is 9.93. The second-order valence-corrected chi connectivity index (χ2v) is 7.84. The van der Waals surface area contributed by atoms with Crippen LogP contribution in [0.2, 0.25) is 0 Å². The minimum absolute atomic E-state index is 0.246. The molecule has 2 aromatic rings. The average Bonchev–Trinajstić information content (AvgIpc) is 2.88. The number of carbonyl (C=O) groups is 1. The molecule has 1 aliphatic carbocycles. The van der Waals surface area contributed by atoms with Gasteiger partial charge in [-0.25, -0.2) is 4.98 Å². The molecule has 5 heteroatoms. The number of amides is 1. The van der Waals surface area contributed by atoms with Crippen LogP contribution >= 0.6 is 0 Å². The minimum atomic E-state index is 0.246. The molecule has 2 aliphatic rings. The van der Waals surface area contributed by atoms with Crippen molar-refractivity contribution in [3.63, 3.8) is 0 Å². The molecular weight excluding hydrogens is 336 g/mol. The zero-order valence-electron chi connectivity index (χ0n) is 16.2. The van der Waals surface area contributed by atoms with Crippen LogP contribution in [0.25, 0.3) is 10.9 Å². The number of aryl methyl sites for hydroxylation is 2. The van der Waals surface area contributed by atoms with Gasteiger partial charge in [-0.15, -0.1) is 0 Å². The largest absolute Gasteiger partial charge is 0.354 e. The van der Waals surface area contributed by atoms with Gasteiger partial charge in [0, 0.05) is 37.5 Å². The molecule has 1 aliphatic heterocycles. The van der Waals surface area contributed by atoms with Gasteiger partial charge in [0.25, 0.3) is 0 Å². The van der Waals surface area contributed by atoms with E-state index in [2.05, 4.69) is 30.9 Å². The molecule has 0 atom stereocenters. The summed E-state index contributed by atoms with van der Waals surface area (Å²) in [5.74, 6) is 1.33. The van der Waals surface area contributed by atoms with E-state index in [1.54, 1.807) is 0 Å². The van der Waals surface area contributed by atoms with Gasteiger partial charge in [-0.05, 0) is 50.3 Å². The lowest BCUT2D eigenvalue weighted by atomic mass is 9.84. The van der Waals surface area contributed by atoms with Crippen LogP contribution in [0.4, 0.5) is 5.82 Å². The first-order valence-corrected chi connectivity index (χ1v) is 9.93. The van der Waals surface area contributed by atoms with Crippen molar-refractivity contribution in [2.45, 2.75) is 39.5 Å². The van der Waals surface area contributed by atoms with Gasteiger partial charge in [0.05, 0.1) is 11.1 Å². The van der Waals surface area contributed by atoms with Gasteiger partial charge >= 0.3 is 0 Å². The van der Waals surface area contributed by atoms with Gasteiger partial charge in [-0.3, -0.25) is 4.79 Å². The summed E-state index contributed by atoms with van der Waals surface area (Å²) in [5, 5.41) is 10.7. The molecule has 0 radical (unpaired) electrons. The van der Waals surface area contributed by atoms with E-state index in [1.807, 2.05) is 17.0 Å². The number of aromatic nitrogens is 1. The summed E-state index contributed by atoms with van der Waals surface area (Å²) in [6.45, 7) is 7.25. The zero-order chi connectivity index (χ0) is 19.0. The van der Waals surface area contributed by atoms with E-state index in [-0.39, 0.29) is 5.92 Å². The van der Waals surface area contributed by atoms with Gasteiger partial charge < -0.3 is 9.80 Å². The number of nitriles is 1. The SMILES string of the molecule is Cc1ccc2cc(C#N)c(N3CCCN(C(=O)C4CCC4)CC3)nc2c1C. The molecule has 0 unspecified atom stereocenters. The molecule has 0 bridgehead atoms. The Balaban J connectivity index is 1.62. The molecule has 0 N–H and O–H groups in total. The number of carbonyl (C=O) groups excluding carboxylic acids is 1. The normalized spacial score (nSPS) is 18.1. The van der Waals surface area contributed by atoms with Gasteiger partial charge in [-0.2, -0.15) is 5.26 Å². The van der Waals surface area contributed by atoms with Crippen LogP contribution in [-0.4, -0.2) is 42.0 Å². The lowest BCUT2D eigenvalue weighted by Crippen LogP contribution is -2.41. The van der Waals surface area contributed by atoms with E-state index in [0.717, 1.165) is 61.2 Å². The number of pyridine rings is 1. The van der Waals surface area contributed by atoms with E-state index >= 15 is 0 Å². The van der Waals surface area contributed by atoms with Crippen molar-refractivity contribution in [3.05, 3.63) is 34.9 Å². The third kappa shape index (κ3) is 3.25. The van der Waals surface area contributed by atoms with Crippen molar-refractivity contribution in [2.24, 2.45) is 5.92 Å². The van der Waals surface area contributed by atoms with E-state index in [1.165, 1.54) is 12.0 Å². The highest BCUT2D eigenvalue weighted by Gasteiger charge is 2.30. The maximum Gasteiger partial charge on any atom is 0.225 e. The predicted molar refractivity (Wildman–Crippen MR) is 107 cm³/mol. The van der Waals surface area contributed by atoms with Crippen molar-refractivity contribution in [1.82, 2.24) is 9.88 Å². The fraction of sp³-hybridized carbons (Fsp3) is 0.500. The Kier molecular flexibility index (Phi) is 4.73. The molecule has 2 heterocycles. The third-order valence-electron chi connectivity index (χ3n) is 6.17. The van der Waals surface area contributed by atoms with E-state index in [0.29, 0.717) is 18.0 Å². The molecule has 1 saturated carbocycles. The first-order chi connectivity index (χ1) is 13.1. The molecular formula is C22H26N4O. The molecule has 1 saturated heterocycles. The van der Waals surface area contributed by atoms with Gasteiger partial charge in [0.2, 0.25) is 5.91 Å². The van der Waals surface area contributed by atoms with Crippen molar-refractivity contribution in [3.8, 4) is 6.07 Å². The van der Waals surface area contributed by atoms with Crippen molar-refractivity contribution < 1.29 is 4.79 Å². The van der Waals surface area contributed by atoms with Crippen LogP contribution in [0.15, 0.2) is 18.2 Å². The standard InChI is InChI=1S/C22H26N4O/c1-15-7-8-18-13-19(14-23)21(24-20(18)16(15)2)25-9-4-10-26(12-11-25)22(27)17-5-3-6-17/h7-8,13,17H,3-6,9-12H2,1-2H3. The second kappa shape index (κ2) is 7.19. The lowest BCUT2D eigenvalue weighted by Gasteiger charge is -2.31. The molecule has 27 heavy (non-hydrogen) atoms. The van der Waals surface area contributed by atoms with Crippen LogP contribution in [0.3, 0.4) is 0 Å². The highest BCUT2D eigenvalue weighted by Crippen LogP contribution is 2.30. The van der Waals surface area contributed by atoms with Crippen molar-refractivity contribution >= 4 is 22.6 Å². The molecule has 1 aromatic heterocycles. The van der Waals surface area contributed by atoms with Gasteiger partial charge in [-0.1, -0.05) is 18.6 Å². The fourth-order valence-corrected chi connectivity index (χ4v) is 4.06. The molecule has 5 nitrogen and oxygen atoms in total. The maximum atomic E-state index is 12.6. The Bertz CT molecular complexity index is 926. The van der Waals surface area contributed by atoms with E-state index in [9.17, 15) is 10.1 Å². The van der Waals surface area contributed by atoms with Crippen molar-refractivity contribution in [2.75, 3.05) is 31.1 Å². The summed E-state index contributed by atoms with van der Waals surface area (Å²) < 4.78 is 0. The Labute approximate surface area is 160 Å². The Morgan fingerprint density at radius 1 is 1.15 bits per heavy atom. The van der Waals surface area contributed by atoms with E-state index in [4.69, 9.17) is 4.98 Å². The van der Waals surface area contributed by atoms with Crippen molar-refractivity contribution in [1.29, 1.82) is 5.26 Å². The van der Waals surface area contributed by atoms with E-state index < -0.39 is 0 Å². The van der Waals surface area contributed by atoms with Gasteiger partial charge in [0.1, 0.15) is 11.9 Å². The number of rotatable bonds is 2. The topological polar surface area (TPSA) is 60.2 Å². The number of benzene rings is 1. The highest BCUT2D eigenvalue weighted by molar-refractivity contribution is 5.86. The summed E-state index contributed by atoms with van der Waals surface area (Å²) >= 11 is 0.